The van der Waals surface area contributed by atoms with E-state index < -0.39 is 0 Å². The van der Waals surface area contributed by atoms with Crippen molar-refractivity contribution in [3.63, 3.8) is 0 Å². The SMILES string of the molecule is CCCNCCCSC1CCOCC1. The largest absolute Gasteiger partial charge is 0.381 e. The summed E-state index contributed by atoms with van der Waals surface area (Å²) in [5.41, 5.74) is 0. The van der Waals surface area contributed by atoms with Crippen molar-refractivity contribution in [1.29, 1.82) is 0 Å². The van der Waals surface area contributed by atoms with Gasteiger partial charge in [0, 0.05) is 18.5 Å². The summed E-state index contributed by atoms with van der Waals surface area (Å²) >= 11 is 2.14. The van der Waals surface area contributed by atoms with Gasteiger partial charge in [-0.3, -0.25) is 0 Å². The highest BCUT2D eigenvalue weighted by Crippen LogP contribution is 2.22. The smallest absolute Gasteiger partial charge is 0.0476 e. The van der Waals surface area contributed by atoms with Crippen molar-refractivity contribution in [3.8, 4) is 0 Å². The van der Waals surface area contributed by atoms with E-state index in [1.54, 1.807) is 0 Å². The Bertz CT molecular complexity index is 126. The second-order valence-electron chi connectivity index (χ2n) is 3.79. The molecule has 0 amide bonds. The first kappa shape index (κ1) is 12.3. The van der Waals surface area contributed by atoms with Gasteiger partial charge in [-0.2, -0.15) is 11.8 Å². The number of ether oxygens (including phenoxy) is 1. The van der Waals surface area contributed by atoms with Crippen LogP contribution in [0.2, 0.25) is 0 Å². The lowest BCUT2D eigenvalue weighted by molar-refractivity contribution is 0.100. The van der Waals surface area contributed by atoms with Crippen LogP contribution in [0.4, 0.5) is 0 Å². The third kappa shape index (κ3) is 5.89. The summed E-state index contributed by atoms with van der Waals surface area (Å²) in [7, 11) is 0. The number of hydrogen-bond donors (Lipinski definition) is 1. The number of hydrogen-bond acceptors (Lipinski definition) is 3. The van der Waals surface area contributed by atoms with Crippen LogP contribution in [0.25, 0.3) is 0 Å². The lowest BCUT2D eigenvalue weighted by atomic mass is 10.2. The lowest BCUT2D eigenvalue weighted by Crippen LogP contribution is -2.19. The molecule has 0 bridgehead atoms. The molecule has 1 aliphatic heterocycles. The molecule has 1 heterocycles. The van der Waals surface area contributed by atoms with Crippen molar-refractivity contribution >= 4 is 11.8 Å². The molecule has 0 saturated carbocycles. The van der Waals surface area contributed by atoms with Crippen LogP contribution in [0.15, 0.2) is 0 Å². The maximum atomic E-state index is 5.33. The Morgan fingerprint density at radius 3 is 2.79 bits per heavy atom. The predicted octanol–water partition coefficient (Wildman–Crippen LogP) is 2.29. The molecule has 1 fully saturated rings. The highest BCUT2D eigenvalue weighted by atomic mass is 32.2. The molecule has 0 aromatic carbocycles. The van der Waals surface area contributed by atoms with Crippen molar-refractivity contribution in [2.24, 2.45) is 0 Å². The summed E-state index contributed by atoms with van der Waals surface area (Å²) < 4.78 is 5.33. The zero-order valence-corrected chi connectivity index (χ0v) is 10.1. The minimum Gasteiger partial charge on any atom is -0.381 e. The van der Waals surface area contributed by atoms with Crippen LogP contribution in [0, 0.1) is 0 Å². The fourth-order valence-electron chi connectivity index (χ4n) is 1.59. The molecule has 1 rings (SSSR count). The van der Waals surface area contributed by atoms with E-state index in [1.807, 2.05) is 0 Å². The third-order valence-electron chi connectivity index (χ3n) is 2.45. The van der Waals surface area contributed by atoms with Crippen LogP contribution in [0.1, 0.15) is 32.6 Å². The Morgan fingerprint density at radius 1 is 1.29 bits per heavy atom. The van der Waals surface area contributed by atoms with E-state index in [0.717, 1.165) is 18.5 Å². The molecule has 1 saturated heterocycles. The summed E-state index contributed by atoms with van der Waals surface area (Å²) in [5.74, 6) is 1.31. The van der Waals surface area contributed by atoms with Crippen LogP contribution >= 0.6 is 11.8 Å². The standard InChI is InChI=1S/C11H23NOS/c1-2-6-12-7-3-10-14-11-4-8-13-9-5-11/h11-12H,2-10H2,1H3. The van der Waals surface area contributed by atoms with Gasteiger partial charge in [0.2, 0.25) is 0 Å². The molecule has 0 radical (unpaired) electrons. The van der Waals surface area contributed by atoms with Crippen LogP contribution < -0.4 is 5.32 Å². The first-order chi connectivity index (χ1) is 6.93. The van der Waals surface area contributed by atoms with Crippen molar-refractivity contribution in [2.45, 2.75) is 37.9 Å². The number of thioether (sulfide) groups is 1. The van der Waals surface area contributed by atoms with E-state index >= 15 is 0 Å². The molecule has 3 heteroatoms. The van der Waals surface area contributed by atoms with Gasteiger partial charge in [0.15, 0.2) is 0 Å². The monoisotopic (exact) mass is 217 g/mol. The Morgan fingerprint density at radius 2 is 2.07 bits per heavy atom. The average molecular weight is 217 g/mol. The number of nitrogens with one attached hydrogen (secondary N) is 1. The van der Waals surface area contributed by atoms with Crippen LogP contribution in [-0.4, -0.2) is 37.3 Å². The van der Waals surface area contributed by atoms with Gasteiger partial charge in [0.05, 0.1) is 0 Å². The minimum absolute atomic E-state index is 0.870. The molecule has 2 nitrogen and oxygen atoms in total. The van der Waals surface area contributed by atoms with Gasteiger partial charge < -0.3 is 10.1 Å². The van der Waals surface area contributed by atoms with Crippen molar-refractivity contribution in [1.82, 2.24) is 5.32 Å². The molecule has 84 valence electrons. The van der Waals surface area contributed by atoms with Gasteiger partial charge >= 0.3 is 0 Å². The molecule has 1 aliphatic rings. The van der Waals surface area contributed by atoms with Gasteiger partial charge in [-0.25, -0.2) is 0 Å². The second kappa shape index (κ2) is 8.57. The maximum Gasteiger partial charge on any atom is 0.0476 e. The van der Waals surface area contributed by atoms with E-state index in [1.165, 1.54) is 44.5 Å². The van der Waals surface area contributed by atoms with Crippen LogP contribution in [0.5, 0.6) is 0 Å². The third-order valence-corrected chi connectivity index (χ3v) is 3.91. The van der Waals surface area contributed by atoms with E-state index in [2.05, 4.69) is 24.0 Å². The Kier molecular flexibility index (Phi) is 7.55. The summed E-state index contributed by atoms with van der Waals surface area (Å²) in [5, 5.41) is 4.31. The highest BCUT2D eigenvalue weighted by Gasteiger charge is 2.12. The fraction of sp³-hybridized carbons (Fsp3) is 1.00. The minimum atomic E-state index is 0.870. The molecule has 0 unspecified atom stereocenters. The van der Waals surface area contributed by atoms with E-state index in [-0.39, 0.29) is 0 Å². The molecule has 0 aliphatic carbocycles. The molecular weight excluding hydrogens is 194 g/mol. The highest BCUT2D eigenvalue weighted by molar-refractivity contribution is 7.99. The van der Waals surface area contributed by atoms with Gasteiger partial charge in [-0.05, 0) is 44.5 Å². The predicted molar refractivity (Wildman–Crippen MR) is 64.1 cm³/mol. The normalized spacial score (nSPS) is 18.6. The van der Waals surface area contributed by atoms with Crippen molar-refractivity contribution in [2.75, 3.05) is 32.1 Å². The van der Waals surface area contributed by atoms with E-state index in [9.17, 15) is 0 Å². The van der Waals surface area contributed by atoms with Gasteiger partial charge in [-0.1, -0.05) is 6.92 Å². The number of rotatable bonds is 7. The Labute approximate surface area is 92.2 Å². The topological polar surface area (TPSA) is 21.3 Å². The van der Waals surface area contributed by atoms with Crippen LogP contribution in [-0.2, 0) is 4.74 Å². The molecule has 14 heavy (non-hydrogen) atoms. The summed E-state index contributed by atoms with van der Waals surface area (Å²) in [6.07, 6.45) is 5.06. The summed E-state index contributed by atoms with van der Waals surface area (Å²) in [6.45, 7) is 6.52. The quantitative estimate of drug-likeness (QED) is 0.661. The average Bonchev–Trinajstić information content (AvgIpc) is 2.25. The molecule has 0 spiro atoms. The van der Waals surface area contributed by atoms with E-state index in [0.29, 0.717) is 0 Å². The summed E-state index contributed by atoms with van der Waals surface area (Å²) in [6, 6.07) is 0. The first-order valence-electron chi connectivity index (χ1n) is 5.83. The lowest BCUT2D eigenvalue weighted by Gasteiger charge is -2.21. The van der Waals surface area contributed by atoms with Crippen LogP contribution in [0.3, 0.4) is 0 Å². The van der Waals surface area contributed by atoms with Gasteiger partial charge in [0.25, 0.3) is 0 Å². The Balaban J connectivity index is 1.82. The van der Waals surface area contributed by atoms with Crippen molar-refractivity contribution < 1.29 is 4.74 Å². The Hall–Kier alpha value is 0.270. The zero-order valence-electron chi connectivity index (χ0n) is 9.26. The van der Waals surface area contributed by atoms with Gasteiger partial charge in [-0.15, -0.1) is 0 Å². The molecule has 0 atom stereocenters. The fourth-order valence-corrected chi connectivity index (χ4v) is 2.76. The molecule has 0 aromatic heterocycles. The second-order valence-corrected chi connectivity index (χ2v) is 5.19. The summed E-state index contributed by atoms with van der Waals surface area (Å²) in [4.78, 5) is 0. The molecule has 0 aromatic rings. The first-order valence-corrected chi connectivity index (χ1v) is 6.88. The maximum absolute atomic E-state index is 5.33. The van der Waals surface area contributed by atoms with Crippen molar-refractivity contribution in [3.05, 3.63) is 0 Å². The van der Waals surface area contributed by atoms with E-state index in [4.69, 9.17) is 4.74 Å². The molecule has 1 N–H and O–H groups in total. The van der Waals surface area contributed by atoms with Gasteiger partial charge in [0.1, 0.15) is 0 Å². The molecular formula is C11H23NOS. The zero-order chi connectivity index (χ0) is 10.1.